The van der Waals surface area contributed by atoms with E-state index in [1.165, 1.54) is 63.1 Å². The maximum Gasteiger partial charge on any atom is 0.407 e. The predicted octanol–water partition coefficient (Wildman–Crippen LogP) is 3.20. The number of nitrogens with one attached hydrogen (secondary N) is 1. The quantitative estimate of drug-likeness (QED) is 0.279. The molecule has 2 fully saturated rings. The van der Waals surface area contributed by atoms with Gasteiger partial charge in [0.25, 0.3) is 0 Å². The van der Waals surface area contributed by atoms with Crippen molar-refractivity contribution in [1.82, 2.24) is 10.2 Å². The topological polar surface area (TPSA) is 186 Å². The number of nitrogens with zero attached hydrogens (tertiary/aromatic N) is 1. The number of alkyl carbamates (subject to hydrolysis) is 1. The van der Waals surface area contributed by atoms with E-state index < -0.39 is 0 Å². The Bertz CT molecular complexity index is 1480. The van der Waals surface area contributed by atoms with E-state index in [9.17, 15) is 4.79 Å². The molecule has 10 nitrogen and oxygen atoms in total. The summed E-state index contributed by atoms with van der Waals surface area (Å²) in [6.07, 6.45) is 11.0. The van der Waals surface area contributed by atoms with Crippen molar-refractivity contribution in [2.45, 2.75) is 31.8 Å². The lowest BCUT2D eigenvalue weighted by atomic mass is 9.97. The highest BCUT2D eigenvalue weighted by molar-refractivity contribution is 7.22. The fourth-order valence-corrected chi connectivity index (χ4v) is 6.57. The normalized spacial score (nSPS) is 15.2. The Morgan fingerprint density at radius 1 is 0.977 bits per heavy atom. The number of hydrogen-bond donors (Lipinski definition) is 1. The van der Waals surface area contributed by atoms with Crippen LogP contribution >= 0.6 is 11.3 Å². The van der Waals surface area contributed by atoms with Crippen molar-refractivity contribution in [2.24, 2.45) is 0 Å². The summed E-state index contributed by atoms with van der Waals surface area (Å²) < 4.78 is 17.9. The van der Waals surface area contributed by atoms with Crippen LogP contribution in [0.25, 0.3) is 20.5 Å². The second kappa shape index (κ2) is 17.8. The Hall–Kier alpha value is -4.15. The van der Waals surface area contributed by atoms with Gasteiger partial charge in [-0.2, -0.15) is 0 Å². The molecule has 44 heavy (non-hydrogen) atoms. The molecule has 2 aliphatic heterocycles. The summed E-state index contributed by atoms with van der Waals surface area (Å²) >= 11 is 1.83. The van der Waals surface area contributed by atoms with Gasteiger partial charge < -0.3 is 41.4 Å². The minimum absolute atomic E-state index is 0. The number of terminal acetylenes is 1. The Balaban J connectivity index is 0.00000158. The molecule has 1 aromatic heterocycles. The zero-order valence-electron chi connectivity index (χ0n) is 24.7. The molecule has 1 atom stereocenters. The Labute approximate surface area is 261 Å². The molecule has 3 aromatic carbocycles. The number of ether oxygens (including phenoxy) is 3. The van der Waals surface area contributed by atoms with Crippen LogP contribution < -0.4 is 14.8 Å². The molecule has 11 heteroatoms. The second-order valence-corrected chi connectivity index (χ2v) is 11.0. The van der Waals surface area contributed by atoms with Gasteiger partial charge in [0, 0.05) is 21.7 Å². The van der Waals surface area contributed by atoms with E-state index in [0.717, 1.165) is 24.5 Å². The number of thiophene rings is 1. The van der Waals surface area contributed by atoms with Gasteiger partial charge in [0.1, 0.15) is 30.8 Å². The van der Waals surface area contributed by atoms with E-state index in [2.05, 4.69) is 77.7 Å². The number of fused-ring (bicyclic) bond motifs is 1. The van der Waals surface area contributed by atoms with Gasteiger partial charge in [0.15, 0.2) is 0 Å². The van der Waals surface area contributed by atoms with E-state index in [4.69, 9.17) is 14.2 Å². The number of carbonyl (C=O) groups is 1. The van der Waals surface area contributed by atoms with Crippen LogP contribution in [0.1, 0.15) is 29.5 Å². The number of rotatable bonds is 9. The van der Waals surface area contributed by atoms with E-state index >= 15 is 0 Å². The van der Waals surface area contributed by atoms with E-state index in [-0.39, 0.29) is 34.0 Å². The molecule has 3 heterocycles. The Morgan fingerprint density at radius 3 is 2.34 bits per heavy atom. The molecule has 6 rings (SSSR count). The summed E-state index contributed by atoms with van der Waals surface area (Å²) in [7, 11) is 1.77. The van der Waals surface area contributed by atoms with Crippen LogP contribution in [0, 0.1) is 12.8 Å². The summed E-state index contributed by atoms with van der Waals surface area (Å²) in [6.45, 7) is 4.01. The fraction of sp³-hybridized carbons (Fsp3) is 0.303. The highest BCUT2D eigenvalue weighted by Crippen LogP contribution is 2.40. The van der Waals surface area contributed by atoms with Gasteiger partial charge in [-0.25, -0.2) is 4.79 Å². The highest BCUT2D eigenvalue weighted by Gasteiger charge is 2.23. The predicted molar refractivity (Wildman–Crippen MR) is 176 cm³/mol. The van der Waals surface area contributed by atoms with Gasteiger partial charge >= 0.3 is 6.09 Å². The SMILES string of the molecule is C#C.COc1cc(Cc2c(-c3ccc(OCC4COC(=O)N4)cc3)sc3ccccc23)ccc1CN1CCCC1.O.O.O.O. The first kappa shape index (κ1) is 37.9. The van der Waals surface area contributed by atoms with Crippen LogP contribution in [0.3, 0.4) is 0 Å². The average molecular weight is 627 g/mol. The molecule has 0 spiro atoms. The molecule has 238 valence electrons. The molecule has 2 saturated heterocycles. The molecule has 0 radical (unpaired) electrons. The van der Waals surface area contributed by atoms with Gasteiger partial charge in [-0.3, -0.25) is 4.90 Å². The van der Waals surface area contributed by atoms with Crippen molar-refractivity contribution >= 4 is 27.5 Å². The van der Waals surface area contributed by atoms with Gasteiger partial charge in [0.2, 0.25) is 0 Å². The third kappa shape index (κ3) is 8.70. The van der Waals surface area contributed by atoms with Crippen LogP contribution in [0.15, 0.2) is 66.7 Å². The smallest absolute Gasteiger partial charge is 0.407 e. The standard InChI is InChI=1S/C31H32N2O4S.C2H2.4H2O/c1-35-28-17-21(8-9-23(28)18-33-14-4-5-15-33)16-27-26-6-2-3-7-29(26)38-30(27)22-10-12-25(13-11-22)36-19-24-20-37-31(34)32-24;1-2;;;;/h2-3,6-13,17,24H,4-5,14-16,18-20H2,1H3,(H,32,34);1-2H;4*1H2. The first-order chi connectivity index (χ1) is 19.7. The monoisotopic (exact) mass is 626 g/mol. The van der Waals surface area contributed by atoms with E-state index in [0.29, 0.717) is 13.2 Å². The van der Waals surface area contributed by atoms with Crippen molar-refractivity contribution in [3.8, 4) is 34.8 Å². The minimum Gasteiger partial charge on any atom is -0.496 e. The third-order valence-electron chi connectivity index (χ3n) is 7.33. The van der Waals surface area contributed by atoms with E-state index in [1.807, 2.05) is 23.5 Å². The molecular formula is C33H42N2O8S. The lowest BCUT2D eigenvalue weighted by Gasteiger charge is -2.18. The highest BCUT2D eigenvalue weighted by atomic mass is 32.1. The van der Waals surface area contributed by atoms with Crippen LogP contribution in [-0.2, 0) is 17.7 Å². The van der Waals surface area contributed by atoms with Crippen molar-refractivity contribution < 1.29 is 40.9 Å². The molecule has 0 saturated carbocycles. The van der Waals surface area contributed by atoms with Crippen LogP contribution in [-0.4, -0.2) is 72.4 Å². The lowest BCUT2D eigenvalue weighted by molar-refractivity contribution is 0.174. The lowest BCUT2D eigenvalue weighted by Crippen LogP contribution is -2.32. The van der Waals surface area contributed by atoms with Crippen molar-refractivity contribution in [2.75, 3.05) is 33.4 Å². The second-order valence-electron chi connectivity index (χ2n) is 9.99. The number of cyclic esters (lactones) is 1. The van der Waals surface area contributed by atoms with Gasteiger partial charge in [-0.1, -0.05) is 30.3 Å². The summed E-state index contributed by atoms with van der Waals surface area (Å²) in [5.74, 6) is 1.75. The zero-order chi connectivity index (χ0) is 27.9. The largest absolute Gasteiger partial charge is 0.496 e. The first-order valence-electron chi connectivity index (χ1n) is 13.5. The number of likely N-dealkylation sites (tertiary alicyclic amines) is 1. The first-order valence-corrected chi connectivity index (χ1v) is 14.4. The number of carbonyl (C=O) groups excluding carboxylic acids is 1. The summed E-state index contributed by atoms with van der Waals surface area (Å²) in [5.41, 5.74) is 5.01. The third-order valence-corrected chi connectivity index (χ3v) is 8.59. The molecule has 0 bridgehead atoms. The molecule has 2 aliphatic rings. The maximum absolute atomic E-state index is 11.2. The molecule has 1 unspecified atom stereocenters. The van der Waals surface area contributed by atoms with Crippen molar-refractivity contribution in [1.29, 1.82) is 0 Å². The number of methoxy groups -OCH3 is 1. The van der Waals surface area contributed by atoms with Crippen LogP contribution in [0.4, 0.5) is 4.79 Å². The van der Waals surface area contributed by atoms with Gasteiger partial charge in [-0.15, -0.1) is 24.2 Å². The number of hydrogen-bond acceptors (Lipinski definition) is 6. The van der Waals surface area contributed by atoms with Gasteiger partial charge in [0.05, 0.1) is 7.11 Å². The zero-order valence-corrected chi connectivity index (χ0v) is 25.5. The summed E-state index contributed by atoms with van der Waals surface area (Å²) in [5, 5.41) is 4.04. The van der Waals surface area contributed by atoms with Crippen LogP contribution in [0.2, 0.25) is 0 Å². The van der Waals surface area contributed by atoms with Crippen molar-refractivity contribution in [3.05, 3.63) is 83.4 Å². The number of benzene rings is 3. The Morgan fingerprint density at radius 2 is 1.68 bits per heavy atom. The fourth-order valence-electron chi connectivity index (χ4n) is 5.34. The molecule has 1 amide bonds. The maximum atomic E-state index is 11.2. The summed E-state index contributed by atoms with van der Waals surface area (Å²) in [6, 6.07) is 23.5. The Kier molecular flexibility index (Phi) is 15.4. The van der Waals surface area contributed by atoms with Crippen molar-refractivity contribution in [3.63, 3.8) is 0 Å². The average Bonchev–Trinajstić information content (AvgIpc) is 3.75. The summed E-state index contributed by atoms with van der Waals surface area (Å²) in [4.78, 5) is 15.0. The van der Waals surface area contributed by atoms with E-state index in [1.54, 1.807) is 7.11 Å². The van der Waals surface area contributed by atoms with Crippen LogP contribution in [0.5, 0.6) is 11.5 Å². The minimum atomic E-state index is -0.384. The van der Waals surface area contributed by atoms with Gasteiger partial charge in [-0.05, 0) is 90.8 Å². The molecular weight excluding hydrogens is 584 g/mol. The molecule has 9 N–H and O–H groups in total. The molecule has 4 aromatic rings. The molecule has 0 aliphatic carbocycles. The number of amides is 1.